The molecule has 0 saturated carbocycles. The SMILES string of the molecule is Cc1cc(NC(=O)N2CC[C@@H](N3CC=CC3)C2)ccc1[N+](=O)[O-]. The number of likely N-dealkylation sites (tertiary alicyclic amines) is 1. The van der Waals surface area contributed by atoms with E-state index in [-0.39, 0.29) is 11.7 Å². The molecule has 0 unspecified atom stereocenters. The van der Waals surface area contributed by atoms with Gasteiger partial charge in [-0.05, 0) is 25.5 Å². The average Bonchev–Trinajstić information content (AvgIpc) is 3.18. The summed E-state index contributed by atoms with van der Waals surface area (Å²) in [6.07, 6.45) is 5.29. The number of hydrogen-bond donors (Lipinski definition) is 1. The number of nitro benzene ring substituents is 1. The fourth-order valence-corrected chi connectivity index (χ4v) is 3.16. The first kappa shape index (κ1) is 15.5. The van der Waals surface area contributed by atoms with E-state index in [0.29, 0.717) is 17.3 Å². The number of benzene rings is 1. The number of carbonyl (C=O) groups is 1. The van der Waals surface area contributed by atoms with Gasteiger partial charge in [-0.1, -0.05) is 12.2 Å². The molecule has 1 fully saturated rings. The van der Waals surface area contributed by atoms with Crippen LogP contribution in [-0.4, -0.2) is 53.0 Å². The van der Waals surface area contributed by atoms with Gasteiger partial charge in [0.2, 0.25) is 0 Å². The molecule has 2 aliphatic rings. The highest BCUT2D eigenvalue weighted by Crippen LogP contribution is 2.23. The van der Waals surface area contributed by atoms with Crippen molar-refractivity contribution in [2.45, 2.75) is 19.4 Å². The molecule has 7 nitrogen and oxygen atoms in total. The monoisotopic (exact) mass is 316 g/mol. The predicted molar refractivity (Wildman–Crippen MR) is 87.5 cm³/mol. The molecule has 2 amide bonds. The molecular formula is C16H20N4O3. The van der Waals surface area contributed by atoms with E-state index in [0.717, 1.165) is 32.6 Å². The Bertz CT molecular complexity index is 651. The Hall–Kier alpha value is -2.41. The Morgan fingerprint density at radius 3 is 2.74 bits per heavy atom. The lowest BCUT2D eigenvalue weighted by Crippen LogP contribution is -2.38. The zero-order chi connectivity index (χ0) is 16.4. The summed E-state index contributed by atoms with van der Waals surface area (Å²) in [6, 6.07) is 4.89. The zero-order valence-electron chi connectivity index (χ0n) is 13.1. The van der Waals surface area contributed by atoms with Gasteiger partial charge in [-0.2, -0.15) is 0 Å². The Morgan fingerprint density at radius 2 is 2.09 bits per heavy atom. The number of anilines is 1. The van der Waals surface area contributed by atoms with E-state index >= 15 is 0 Å². The lowest BCUT2D eigenvalue weighted by atomic mass is 10.2. The maximum Gasteiger partial charge on any atom is 0.321 e. The van der Waals surface area contributed by atoms with Crippen molar-refractivity contribution in [2.24, 2.45) is 0 Å². The van der Waals surface area contributed by atoms with Crippen LogP contribution in [0.5, 0.6) is 0 Å². The Kier molecular flexibility index (Phi) is 4.29. The number of nitrogens with zero attached hydrogens (tertiary/aromatic N) is 3. The van der Waals surface area contributed by atoms with Crippen molar-refractivity contribution in [1.82, 2.24) is 9.80 Å². The summed E-state index contributed by atoms with van der Waals surface area (Å²) in [6.45, 7) is 5.04. The molecule has 1 atom stereocenters. The molecule has 122 valence electrons. The molecule has 0 spiro atoms. The number of hydrogen-bond acceptors (Lipinski definition) is 4. The van der Waals surface area contributed by atoms with E-state index in [2.05, 4.69) is 22.4 Å². The van der Waals surface area contributed by atoms with Crippen LogP contribution in [0.1, 0.15) is 12.0 Å². The van der Waals surface area contributed by atoms with Crippen LogP contribution in [0.4, 0.5) is 16.2 Å². The van der Waals surface area contributed by atoms with E-state index in [9.17, 15) is 14.9 Å². The topological polar surface area (TPSA) is 78.7 Å². The number of nitro groups is 1. The summed E-state index contributed by atoms with van der Waals surface area (Å²) in [5.74, 6) is 0. The standard InChI is InChI=1S/C16H20N4O3/c1-12-10-13(4-5-15(12)20(22)23)17-16(21)19-9-6-14(11-19)18-7-2-3-8-18/h2-5,10,14H,6-9,11H2,1H3,(H,17,21)/t14-/m1/s1. The first-order chi connectivity index (χ1) is 11.0. The smallest absolute Gasteiger partial charge is 0.321 e. The number of amides is 2. The van der Waals surface area contributed by atoms with Gasteiger partial charge in [-0.3, -0.25) is 15.0 Å². The largest absolute Gasteiger partial charge is 0.323 e. The molecule has 1 aromatic carbocycles. The van der Waals surface area contributed by atoms with E-state index < -0.39 is 4.92 Å². The average molecular weight is 316 g/mol. The molecule has 1 N–H and O–H groups in total. The summed E-state index contributed by atoms with van der Waals surface area (Å²) in [4.78, 5) is 26.9. The maximum atomic E-state index is 12.4. The fraction of sp³-hybridized carbons (Fsp3) is 0.438. The summed E-state index contributed by atoms with van der Waals surface area (Å²) in [5.41, 5.74) is 1.19. The van der Waals surface area contributed by atoms with Gasteiger partial charge in [0.15, 0.2) is 0 Å². The third-order valence-corrected chi connectivity index (χ3v) is 4.46. The van der Waals surface area contributed by atoms with Gasteiger partial charge >= 0.3 is 6.03 Å². The van der Waals surface area contributed by atoms with Crippen molar-refractivity contribution in [3.63, 3.8) is 0 Å². The van der Waals surface area contributed by atoms with Crippen molar-refractivity contribution < 1.29 is 9.72 Å². The number of aryl methyl sites for hydroxylation is 1. The van der Waals surface area contributed by atoms with Crippen LogP contribution in [0.2, 0.25) is 0 Å². The summed E-state index contributed by atoms with van der Waals surface area (Å²) >= 11 is 0. The molecule has 2 aliphatic heterocycles. The highest BCUT2D eigenvalue weighted by Gasteiger charge is 2.30. The lowest BCUT2D eigenvalue weighted by molar-refractivity contribution is -0.385. The molecule has 0 radical (unpaired) electrons. The molecule has 2 heterocycles. The van der Waals surface area contributed by atoms with Crippen LogP contribution >= 0.6 is 0 Å². The first-order valence-electron chi connectivity index (χ1n) is 7.74. The Balaban J connectivity index is 1.59. The first-order valence-corrected chi connectivity index (χ1v) is 7.74. The zero-order valence-corrected chi connectivity index (χ0v) is 13.1. The van der Waals surface area contributed by atoms with Crippen molar-refractivity contribution in [3.8, 4) is 0 Å². The number of nitrogens with one attached hydrogen (secondary N) is 1. The Labute approximate surface area is 134 Å². The molecule has 0 aliphatic carbocycles. The van der Waals surface area contributed by atoms with Gasteiger partial charge in [0.25, 0.3) is 5.69 Å². The third-order valence-electron chi connectivity index (χ3n) is 4.46. The lowest BCUT2D eigenvalue weighted by Gasteiger charge is -2.23. The maximum absolute atomic E-state index is 12.4. The number of urea groups is 1. The molecule has 3 rings (SSSR count). The minimum atomic E-state index is -0.421. The molecular weight excluding hydrogens is 296 g/mol. The number of rotatable bonds is 3. The van der Waals surface area contributed by atoms with E-state index in [1.165, 1.54) is 6.07 Å². The Morgan fingerprint density at radius 1 is 1.35 bits per heavy atom. The van der Waals surface area contributed by atoms with Gasteiger partial charge < -0.3 is 10.2 Å². The number of carbonyl (C=O) groups excluding carboxylic acids is 1. The van der Waals surface area contributed by atoms with E-state index in [1.54, 1.807) is 24.0 Å². The predicted octanol–water partition coefficient (Wildman–Crippen LogP) is 2.38. The fourth-order valence-electron chi connectivity index (χ4n) is 3.16. The summed E-state index contributed by atoms with van der Waals surface area (Å²) in [5, 5.41) is 13.7. The van der Waals surface area contributed by atoms with Crippen LogP contribution in [0.25, 0.3) is 0 Å². The minimum Gasteiger partial charge on any atom is -0.323 e. The molecule has 1 saturated heterocycles. The van der Waals surface area contributed by atoms with E-state index in [1.807, 2.05) is 0 Å². The van der Waals surface area contributed by atoms with Crippen LogP contribution < -0.4 is 5.32 Å². The minimum absolute atomic E-state index is 0.0609. The van der Waals surface area contributed by atoms with Crippen molar-refractivity contribution in [3.05, 3.63) is 46.0 Å². The summed E-state index contributed by atoms with van der Waals surface area (Å²) in [7, 11) is 0. The highest BCUT2D eigenvalue weighted by atomic mass is 16.6. The second-order valence-corrected chi connectivity index (χ2v) is 6.00. The van der Waals surface area contributed by atoms with Gasteiger partial charge in [-0.25, -0.2) is 4.79 Å². The molecule has 0 bridgehead atoms. The van der Waals surface area contributed by atoms with Gasteiger partial charge in [0.05, 0.1) is 4.92 Å². The molecule has 1 aromatic rings. The van der Waals surface area contributed by atoms with Crippen LogP contribution in [-0.2, 0) is 0 Å². The van der Waals surface area contributed by atoms with Crippen molar-refractivity contribution >= 4 is 17.4 Å². The molecule has 7 heteroatoms. The van der Waals surface area contributed by atoms with Crippen LogP contribution in [0.15, 0.2) is 30.4 Å². The summed E-state index contributed by atoms with van der Waals surface area (Å²) < 4.78 is 0. The molecule has 0 aromatic heterocycles. The second-order valence-electron chi connectivity index (χ2n) is 6.00. The molecule has 23 heavy (non-hydrogen) atoms. The van der Waals surface area contributed by atoms with Crippen molar-refractivity contribution in [1.29, 1.82) is 0 Å². The van der Waals surface area contributed by atoms with Crippen LogP contribution in [0.3, 0.4) is 0 Å². The van der Waals surface area contributed by atoms with E-state index in [4.69, 9.17) is 0 Å². The third kappa shape index (κ3) is 3.34. The van der Waals surface area contributed by atoms with Crippen molar-refractivity contribution in [2.75, 3.05) is 31.5 Å². The highest BCUT2D eigenvalue weighted by molar-refractivity contribution is 5.89. The van der Waals surface area contributed by atoms with Gasteiger partial charge in [0.1, 0.15) is 0 Å². The second kappa shape index (κ2) is 6.37. The quantitative estimate of drug-likeness (QED) is 0.527. The normalized spacial score (nSPS) is 20.9. The van der Waals surface area contributed by atoms with Gasteiger partial charge in [-0.15, -0.1) is 0 Å². The van der Waals surface area contributed by atoms with Crippen LogP contribution in [0, 0.1) is 17.0 Å². The van der Waals surface area contributed by atoms with Gasteiger partial charge in [0, 0.05) is 49.5 Å².